The van der Waals surface area contributed by atoms with Crippen LogP contribution in [0.5, 0.6) is 11.5 Å². The van der Waals surface area contributed by atoms with E-state index in [1.807, 2.05) is 36.4 Å². The van der Waals surface area contributed by atoms with Crippen LogP contribution < -0.4 is 9.47 Å². The van der Waals surface area contributed by atoms with Gasteiger partial charge in [0.25, 0.3) is 11.6 Å². The van der Waals surface area contributed by atoms with Gasteiger partial charge >= 0.3 is 0 Å². The quantitative estimate of drug-likeness (QED) is 0.176. The van der Waals surface area contributed by atoms with E-state index in [9.17, 15) is 14.9 Å². The minimum Gasteiger partial charge on any atom is -0.493 e. The van der Waals surface area contributed by atoms with E-state index in [0.29, 0.717) is 27.3 Å². The first-order valence-electron chi connectivity index (χ1n) is 10.3. The number of nitro groups is 1. The summed E-state index contributed by atoms with van der Waals surface area (Å²) in [5.41, 5.74) is 2.57. The van der Waals surface area contributed by atoms with Crippen molar-refractivity contribution in [2.45, 2.75) is 13.2 Å². The second-order valence-corrected chi connectivity index (χ2v) is 9.05. The molecule has 0 aliphatic carbocycles. The van der Waals surface area contributed by atoms with Crippen LogP contribution in [0.1, 0.15) is 16.7 Å². The van der Waals surface area contributed by atoms with E-state index < -0.39 is 4.92 Å². The third-order valence-corrected chi connectivity index (χ3v) is 6.46. The number of carbonyl (C=O) groups is 1. The number of carbonyl (C=O) groups excluding carboxylic acids is 1. The number of nitrogens with zero attached hydrogens (tertiary/aromatic N) is 2. The number of methoxy groups -OCH3 is 1. The second kappa shape index (κ2) is 10.5. The van der Waals surface area contributed by atoms with E-state index >= 15 is 0 Å². The third kappa shape index (κ3) is 5.44. The maximum atomic E-state index is 13.0. The van der Waals surface area contributed by atoms with Crippen LogP contribution in [-0.4, -0.2) is 27.2 Å². The Balaban J connectivity index is 1.50. The molecule has 0 N–H and O–H groups in total. The molecule has 0 atom stereocenters. The highest BCUT2D eigenvalue weighted by Crippen LogP contribution is 2.35. The van der Waals surface area contributed by atoms with Gasteiger partial charge in [0.05, 0.1) is 23.5 Å². The van der Waals surface area contributed by atoms with Crippen molar-refractivity contribution in [3.63, 3.8) is 0 Å². The fourth-order valence-corrected chi connectivity index (χ4v) is 4.58. The molecule has 4 rings (SSSR count). The zero-order chi connectivity index (χ0) is 24.1. The summed E-state index contributed by atoms with van der Waals surface area (Å²) in [7, 11) is 1.54. The number of rotatable bonds is 8. The molecule has 1 saturated heterocycles. The third-order valence-electron chi connectivity index (χ3n) is 5.08. The Morgan fingerprint density at radius 2 is 1.76 bits per heavy atom. The van der Waals surface area contributed by atoms with Crippen LogP contribution in [0, 0.1) is 10.1 Å². The molecule has 9 heteroatoms. The number of non-ortho nitro benzene ring substituents is 1. The first-order chi connectivity index (χ1) is 16.4. The monoisotopic (exact) mass is 492 g/mol. The number of hydrogen-bond acceptors (Lipinski definition) is 7. The predicted octanol–water partition coefficient (Wildman–Crippen LogP) is 5.58. The fourth-order valence-electron chi connectivity index (χ4n) is 3.32. The van der Waals surface area contributed by atoms with Crippen molar-refractivity contribution in [2.75, 3.05) is 7.11 Å². The van der Waals surface area contributed by atoms with Gasteiger partial charge in [-0.3, -0.25) is 19.8 Å². The molecular formula is C25H20N2O5S2. The van der Waals surface area contributed by atoms with Gasteiger partial charge in [-0.15, -0.1) is 0 Å². The SMILES string of the molecule is COc1ccc(C=C2SC(=S)N(Cc3ccccc3)C2=O)cc1OCc1ccc([N+](=O)[O-])cc1. The average molecular weight is 493 g/mol. The van der Waals surface area contributed by atoms with Crippen molar-refractivity contribution in [3.8, 4) is 11.5 Å². The molecule has 1 amide bonds. The molecule has 3 aromatic rings. The van der Waals surface area contributed by atoms with Gasteiger partial charge in [-0.2, -0.15) is 0 Å². The first-order valence-corrected chi connectivity index (χ1v) is 11.5. The Bertz CT molecular complexity index is 1260. The molecule has 0 spiro atoms. The van der Waals surface area contributed by atoms with Crippen LogP contribution in [0.3, 0.4) is 0 Å². The van der Waals surface area contributed by atoms with Crippen LogP contribution in [0.4, 0.5) is 5.69 Å². The second-order valence-electron chi connectivity index (χ2n) is 7.38. The molecule has 172 valence electrons. The van der Waals surface area contributed by atoms with E-state index in [4.69, 9.17) is 21.7 Å². The minimum atomic E-state index is -0.445. The molecular weight excluding hydrogens is 472 g/mol. The molecule has 1 heterocycles. The number of ether oxygens (including phenoxy) is 2. The lowest BCUT2D eigenvalue weighted by Gasteiger charge is -2.14. The van der Waals surface area contributed by atoms with Crippen molar-refractivity contribution in [1.82, 2.24) is 4.90 Å². The van der Waals surface area contributed by atoms with E-state index in [-0.39, 0.29) is 18.2 Å². The number of benzene rings is 3. The number of hydrogen-bond donors (Lipinski definition) is 0. The minimum absolute atomic E-state index is 0.0212. The standard InChI is InChI=1S/C25H20N2O5S2/c1-31-21-12-9-19(13-22(21)32-16-18-7-10-20(11-8-18)27(29)30)14-23-24(28)26(25(33)34-23)15-17-5-3-2-4-6-17/h2-14H,15-16H2,1H3. The normalized spacial score (nSPS) is 14.5. The van der Waals surface area contributed by atoms with Crippen molar-refractivity contribution in [1.29, 1.82) is 0 Å². The fraction of sp³-hybridized carbons (Fsp3) is 0.120. The summed E-state index contributed by atoms with van der Waals surface area (Å²) in [5, 5.41) is 10.8. The largest absolute Gasteiger partial charge is 0.493 e. The highest BCUT2D eigenvalue weighted by Gasteiger charge is 2.32. The summed E-state index contributed by atoms with van der Waals surface area (Å²) in [6.45, 7) is 0.631. The maximum absolute atomic E-state index is 13.0. The lowest BCUT2D eigenvalue weighted by molar-refractivity contribution is -0.384. The van der Waals surface area contributed by atoms with E-state index in [1.54, 1.807) is 42.4 Å². The van der Waals surface area contributed by atoms with E-state index in [0.717, 1.165) is 16.7 Å². The van der Waals surface area contributed by atoms with Gasteiger partial charge in [0, 0.05) is 12.1 Å². The van der Waals surface area contributed by atoms with Crippen LogP contribution in [0.2, 0.25) is 0 Å². The lowest BCUT2D eigenvalue weighted by atomic mass is 10.1. The molecule has 0 radical (unpaired) electrons. The maximum Gasteiger partial charge on any atom is 0.269 e. The van der Waals surface area contributed by atoms with Crippen molar-refractivity contribution in [2.24, 2.45) is 0 Å². The van der Waals surface area contributed by atoms with Gasteiger partial charge in [-0.05, 0) is 47.0 Å². The molecule has 1 fully saturated rings. The smallest absolute Gasteiger partial charge is 0.269 e. The van der Waals surface area contributed by atoms with Gasteiger partial charge in [-0.1, -0.05) is 60.4 Å². The van der Waals surface area contributed by atoms with E-state index in [2.05, 4.69) is 0 Å². The summed E-state index contributed by atoms with van der Waals surface area (Å²) in [6.07, 6.45) is 1.78. The Morgan fingerprint density at radius 1 is 1.03 bits per heavy atom. The molecule has 34 heavy (non-hydrogen) atoms. The zero-order valence-corrected chi connectivity index (χ0v) is 19.8. The van der Waals surface area contributed by atoms with Crippen molar-refractivity contribution in [3.05, 3.63) is 105 Å². The molecule has 0 saturated carbocycles. The van der Waals surface area contributed by atoms with E-state index in [1.165, 1.54) is 23.9 Å². The summed E-state index contributed by atoms with van der Waals surface area (Å²) >= 11 is 6.70. The van der Waals surface area contributed by atoms with Crippen LogP contribution in [0.15, 0.2) is 77.7 Å². The Kier molecular flexibility index (Phi) is 7.24. The van der Waals surface area contributed by atoms with Gasteiger partial charge in [-0.25, -0.2) is 0 Å². The highest BCUT2D eigenvalue weighted by atomic mass is 32.2. The Labute approximate surface area is 206 Å². The van der Waals surface area contributed by atoms with Crippen LogP contribution >= 0.6 is 24.0 Å². The Morgan fingerprint density at radius 3 is 2.44 bits per heavy atom. The van der Waals surface area contributed by atoms with Gasteiger partial charge < -0.3 is 9.47 Å². The molecule has 0 aromatic heterocycles. The number of amides is 1. The summed E-state index contributed by atoms with van der Waals surface area (Å²) in [5.74, 6) is 0.896. The van der Waals surface area contributed by atoms with Crippen LogP contribution in [-0.2, 0) is 17.9 Å². The zero-order valence-electron chi connectivity index (χ0n) is 18.2. The number of nitro benzene ring substituents is 1. The Hall–Kier alpha value is -3.69. The lowest BCUT2D eigenvalue weighted by Crippen LogP contribution is -2.27. The number of thioether (sulfide) groups is 1. The van der Waals surface area contributed by atoms with Crippen molar-refractivity contribution >= 4 is 46.0 Å². The molecule has 1 aliphatic rings. The van der Waals surface area contributed by atoms with Crippen LogP contribution in [0.25, 0.3) is 6.08 Å². The first kappa shape index (κ1) is 23.5. The molecule has 3 aromatic carbocycles. The molecule has 0 bridgehead atoms. The molecule has 7 nitrogen and oxygen atoms in total. The summed E-state index contributed by atoms with van der Waals surface area (Å²) in [6, 6.07) is 21.2. The molecule has 0 unspecified atom stereocenters. The highest BCUT2D eigenvalue weighted by molar-refractivity contribution is 8.26. The summed E-state index contributed by atoms with van der Waals surface area (Å²) in [4.78, 5) is 25.5. The van der Waals surface area contributed by atoms with Gasteiger partial charge in [0.15, 0.2) is 11.5 Å². The van der Waals surface area contributed by atoms with Crippen molar-refractivity contribution < 1.29 is 19.2 Å². The average Bonchev–Trinajstić information content (AvgIpc) is 3.11. The topological polar surface area (TPSA) is 81.9 Å². The predicted molar refractivity (Wildman–Crippen MR) is 136 cm³/mol. The van der Waals surface area contributed by atoms with Gasteiger partial charge in [0.1, 0.15) is 10.9 Å². The molecule has 1 aliphatic heterocycles. The summed E-state index contributed by atoms with van der Waals surface area (Å²) < 4.78 is 11.8. The van der Waals surface area contributed by atoms with Gasteiger partial charge in [0.2, 0.25) is 0 Å². The number of thiocarbonyl (C=S) groups is 1.